The number of halogens is 1. The number of epoxide rings is 1. The second-order valence-corrected chi connectivity index (χ2v) is 8.88. The molecule has 5 aliphatic rings. The smallest absolute Gasteiger partial charge is 0.178 e. The zero-order chi connectivity index (χ0) is 17.8. The van der Waals surface area contributed by atoms with Crippen molar-refractivity contribution in [2.24, 2.45) is 22.7 Å². The van der Waals surface area contributed by atoms with Crippen LogP contribution in [0.5, 0.6) is 0 Å². The summed E-state index contributed by atoms with van der Waals surface area (Å²) in [7, 11) is 0. The first-order chi connectivity index (χ1) is 11.7. The van der Waals surface area contributed by atoms with E-state index in [4.69, 9.17) is 4.74 Å². The molecule has 3 fully saturated rings. The van der Waals surface area contributed by atoms with Crippen LogP contribution in [-0.4, -0.2) is 29.4 Å². The van der Waals surface area contributed by atoms with Crippen LogP contribution in [0, 0.1) is 22.7 Å². The SMILES string of the molecule is CC(=O)C1=CCC2C3C[C@H](F)C4=CC(=O)C=C[C@]4(C)[C@@]34O[C@@H]4C[C@]12C. The van der Waals surface area contributed by atoms with E-state index in [0.29, 0.717) is 12.0 Å². The maximum Gasteiger partial charge on any atom is 0.178 e. The number of hydrogen-bond donors (Lipinski definition) is 0. The van der Waals surface area contributed by atoms with Crippen molar-refractivity contribution < 1.29 is 18.7 Å². The quantitative estimate of drug-likeness (QED) is 0.685. The normalized spacial score (nSPS) is 52.4. The van der Waals surface area contributed by atoms with Gasteiger partial charge in [-0.2, -0.15) is 0 Å². The lowest BCUT2D eigenvalue weighted by Gasteiger charge is -2.54. The lowest BCUT2D eigenvalue weighted by Crippen LogP contribution is -2.58. The van der Waals surface area contributed by atoms with Crippen LogP contribution in [0.2, 0.25) is 0 Å². The van der Waals surface area contributed by atoms with Crippen LogP contribution < -0.4 is 0 Å². The lowest BCUT2D eigenvalue weighted by molar-refractivity contribution is -0.115. The summed E-state index contributed by atoms with van der Waals surface area (Å²) in [5, 5.41) is 0. The summed E-state index contributed by atoms with van der Waals surface area (Å²) in [4.78, 5) is 24.0. The minimum atomic E-state index is -1.12. The van der Waals surface area contributed by atoms with Crippen LogP contribution in [-0.2, 0) is 14.3 Å². The van der Waals surface area contributed by atoms with Crippen molar-refractivity contribution in [3.8, 4) is 0 Å². The van der Waals surface area contributed by atoms with Gasteiger partial charge in [0.15, 0.2) is 11.6 Å². The number of rotatable bonds is 1. The van der Waals surface area contributed by atoms with Gasteiger partial charge in [0.1, 0.15) is 11.8 Å². The largest absolute Gasteiger partial charge is 0.364 e. The van der Waals surface area contributed by atoms with E-state index < -0.39 is 17.2 Å². The topological polar surface area (TPSA) is 46.7 Å². The molecule has 0 aromatic rings. The fourth-order valence-corrected chi connectivity index (χ4v) is 6.76. The highest BCUT2D eigenvalue weighted by molar-refractivity contribution is 6.01. The van der Waals surface area contributed by atoms with Crippen molar-refractivity contribution in [3.63, 3.8) is 0 Å². The molecule has 3 nitrogen and oxygen atoms in total. The van der Waals surface area contributed by atoms with E-state index in [0.717, 1.165) is 18.4 Å². The van der Waals surface area contributed by atoms with Crippen molar-refractivity contribution in [3.05, 3.63) is 35.5 Å². The molecule has 0 aromatic heterocycles. The number of allylic oxidation sites excluding steroid dienone is 4. The zero-order valence-corrected chi connectivity index (χ0v) is 14.8. The fraction of sp³-hybridized carbons (Fsp3) is 0.619. The third kappa shape index (κ3) is 1.61. The van der Waals surface area contributed by atoms with E-state index in [2.05, 4.69) is 13.0 Å². The van der Waals surface area contributed by atoms with Crippen molar-refractivity contribution >= 4 is 11.6 Å². The Morgan fingerprint density at radius 2 is 2.08 bits per heavy atom. The fourth-order valence-electron chi connectivity index (χ4n) is 6.76. The van der Waals surface area contributed by atoms with E-state index >= 15 is 4.39 Å². The Hall–Kier alpha value is -1.55. The van der Waals surface area contributed by atoms with Gasteiger partial charge in [-0.3, -0.25) is 9.59 Å². The third-order valence-electron chi connectivity index (χ3n) is 7.88. The standard InChI is InChI=1S/C21H23FO3/c1-11(23)13-4-5-14-15-9-17(22)16-8-12(24)6-7-20(16,3)21(15)18(25-21)10-19(13,14)2/h4,6-8,14-15,17-18H,5,9-10H2,1-3H3/t14?,15?,17-,18+,19+,20-,21+/m0/s1. The first-order valence-corrected chi connectivity index (χ1v) is 9.23. The van der Waals surface area contributed by atoms with Crippen LogP contribution in [0.15, 0.2) is 35.5 Å². The summed E-state index contributed by atoms with van der Waals surface area (Å²) < 4.78 is 21.5. The Bertz CT molecular complexity index is 808. The molecule has 0 bridgehead atoms. The molecule has 4 aliphatic carbocycles. The van der Waals surface area contributed by atoms with Gasteiger partial charge in [0.05, 0.1) is 6.10 Å². The first-order valence-electron chi connectivity index (χ1n) is 9.23. The molecule has 25 heavy (non-hydrogen) atoms. The second kappa shape index (κ2) is 4.40. The summed E-state index contributed by atoms with van der Waals surface area (Å²) in [6.45, 7) is 5.81. The number of fused-ring (bicyclic) bond motifs is 3. The summed E-state index contributed by atoms with van der Waals surface area (Å²) in [6.07, 6.45) is 7.91. The van der Waals surface area contributed by atoms with Gasteiger partial charge in [-0.05, 0) is 68.2 Å². The number of hydrogen-bond acceptors (Lipinski definition) is 3. The number of alkyl halides is 1. The van der Waals surface area contributed by atoms with Gasteiger partial charge in [0.25, 0.3) is 0 Å². The summed E-state index contributed by atoms with van der Waals surface area (Å²) in [5.41, 5.74) is 0.294. The van der Waals surface area contributed by atoms with Crippen molar-refractivity contribution in [2.45, 2.75) is 57.9 Å². The molecule has 0 radical (unpaired) electrons. The molecule has 4 heteroatoms. The molecule has 1 saturated heterocycles. The Kier molecular flexibility index (Phi) is 2.76. The summed E-state index contributed by atoms with van der Waals surface area (Å²) in [6, 6.07) is 0. The van der Waals surface area contributed by atoms with Crippen LogP contribution in [0.25, 0.3) is 0 Å². The zero-order valence-electron chi connectivity index (χ0n) is 14.8. The highest BCUT2D eigenvalue weighted by atomic mass is 19.1. The number of carbonyl (C=O) groups excluding carboxylic acids is 2. The number of Topliss-reactive ketones (excluding diaryl/α,β-unsaturated/α-hetero) is 1. The summed E-state index contributed by atoms with van der Waals surface area (Å²) in [5.74, 6) is 0.289. The van der Waals surface area contributed by atoms with Gasteiger partial charge < -0.3 is 4.74 Å². The molecule has 2 saturated carbocycles. The van der Waals surface area contributed by atoms with E-state index in [1.54, 1.807) is 13.0 Å². The van der Waals surface area contributed by atoms with Gasteiger partial charge in [-0.1, -0.05) is 19.1 Å². The molecule has 0 N–H and O–H groups in total. The molecule has 1 aliphatic heterocycles. The van der Waals surface area contributed by atoms with E-state index in [-0.39, 0.29) is 34.9 Å². The minimum Gasteiger partial charge on any atom is -0.364 e. The molecular weight excluding hydrogens is 319 g/mol. The van der Waals surface area contributed by atoms with Gasteiger partial charge in [0.2, 0.25) is 0 Å². The predicted octanol–water partition coefficient (Wildman–Crippen LogP) is 3.50. The van der Waals surface area contributed by atoms with E-state index in [9.17, 15) is 9.59 Å². The molecule has 7 atom stereocenters. The maximum atomic E-state index is 15.1. The van der Waals surface area contributed by atoms with Gasteiger partial charge in [0, 0.05) is 10.8 Å². The molecular formula is C21H23FO3. The number of ether oxygens (including phenoxy) is 1. The van der Waals surface area contributed by atoms with Crippen molar-refractivity contribution in [2.75, 3.05) is 0 Å². The molecule has 1 spiro atoms. The predicted molar refractivity (Wildman–Crippen MR) is 90.5 cm³/mol. The lowest BCUT2D eigenvalue weighted by atomic mass is 9.47. The molecule has 5 rings (SSSR count). The van der Waals surface area contributed by atoms with Crippen LogP contribution in [0.1, 0.15) is 40.0 Å². The minimum absolute atomic E-state index is 0.0263. The highest BCUT2D eigenvalue weighted by Crippen LogP contribution is 2.74. The third-order valence-corrected chi connectivity index (χ3v) is 7.88. The maximum absolute atomic E-state index is 15.1. The van der Waals surface area contributed by atoms with E-state index in [1.165, 1.54) is 6.08 Å². The Labute approximate surface area is 147 Å². The average molecular weight is 342 g/mol. The average Bonchev–Trinajstić information content (AvgIpc) is 3.15. The second-order valence-electron chi connectivity index (χ2n) is 8.88. The Balaban J connectivity index is 1.62. The van der Waals surface area contributed by atoms with Gasteiger partial charge in [-0.15, -0.1) is 0 Å². The molecule has 0 aromatic carbocycles. The van der Waals surface area contributed by atoms with Crippen molar-refractivity contribution in [1.82, 2.24) is 0 Å². The monoisotopic (exact) mass is 342 g/mol. The molecule has 2 unspecified atom stereocenters. The van der Waals surface area contributed by atoms with Gasteiger partial charge >= 0.3 is 0 Å². The van der Waals surface area contributed by atoms with Crippen LogP contribution >= 0.6 is 0 Å². The number of carbonyl (C=O) groups is 2. The number of ketones is 2. The van der Waals surface area contributed by atoms with Gasteiger partial charge in [-0.25, -0.2) is 4.39 Å². The first kappa shape index (κ1) is 15.7. The van der Waals surface area contributed by atoms with Crippen LogP contribution in [0.3, 0.4) is 0 Å². The Morgan fingerprint density at radius 1 is 1.32 bits per heavy atom. The molecule has 132 valence electrons. The van der Waals surface area contributed by atoms with E-state index in [1.807, 2.05) is 13.0 Å². The Morgan fingerprint density at radius 3 is 2.80 bits per heavy atom. The molecule has 1 heterocycles. The summed E-state index contributed by atoms with van der Waals surface area (Å²) >= 11 is 0. The highest BCUT2D eigenvalue weighted by Gasteiger charge is 2.79. The van der Waals surface area contributed by atoms with Crippen LogP contribution in [0.4, 0.5) is 4.39 Å². The molecule has 0 amide bonds. The van der Waals surface area contributed by atoms with Crippen molar-refractivity contribution in [1.29, 1.82) is 0 Å².